The largest absolute Gasteiger partial charge is 0.309 e. The number of rotatable bonds is 3. The highest BCUT2D eigenvalue weighted by Gasteiger charge is 2.19. The second kappa shape index (κ2) is 9.20. The first-order valence-corrected chi connectivity index (χ1v) is 14.9. The standard InChI is InChI=1S/C41H28N2/c1-27-11-2-7-18-37(27)43-39-20-9-6-17-34(39)36-25-40-35(26-41(36)43)33-16-5-8-19-38(33)42(40)32-15-10-14-30(24-32)31-22-21-28-12-3-4-13-29(28)23-31/h2-26H,1H3. The second-order valence-corrected chi connectivity index (χ2v) is 11.5. The highest BCUT2D eigenvalue weighted by atomic mass is 15.0. The van der Waals surface area contributed by atoms with Crippen LogP contribution in [0.15, 0.2) is 152 Å². The number of aromatic nitrogens is 2. The third-order valence-corrected chi connectivity index (χ3v) is 9.01. The smallest absolute Gasteiger partial charge is 0.0548 e. The Kier molecular flexibility index (Phi) is 5.15. The highest BCUT2D eigenvalue weighted by Crippen LogP contribution is 2.40. The molecule has 43 heavy (non-hydrogen) atoms. The molecule has 2 nitrogen and oxygen atoms in total. The lowest BCUT2D eigenvalue weighted by atomic mass is 10.0. The molecule has 0 aliphatic heterocycles. The van der Waals surface area contributed by atoms with Crippen LogP contribution in [0.2, 0.25) is 0 Å². The Morgan fingerprint density at radius 3 is 1.74 bits per heavy atom. The zero-order valence-electron chi connectivity index (χ0n) is 23.8. The fourth-order valence-electron chi connectivity index (χ4n) is 6.98. The van der Waals surface area contributed by atoms with E-state index in [2.05, 4.69) is 168 Å². The van der Waals surface area contributed by atoms with Gasteiger partial charge < -0.3 is 9.13 Å². The molecule has 0 aliphatic rings. The Bertz CT molecular complexity index is 2520. The van der Waals surface area contributed by atoms with Crippen LogP contribution in [0.5, 0.6) is 0 Å². The van der Waals surface area contributed by atoms with Crippen molar-refractivity contribution >= 4 is 54.4 Å². The van der Waals surface area contributed by atoms with Crippen molar-refractivity contribution < 1.29 is 0 Å². The molecule has 0 atom stereocenters. The van der Waals surface area contributed by atoms with Gasteiger partial charge in [0.1, 0.15) is 0 Å². The van der Waals surface area contributed by atoms with E-state index < -0.39 is 0 Å². The molecule has 202 valence electrons. The summed E-state index contributed by atoms with van der Waals surface area (Å²) < 4.78 is 4.88. The van der Waals surface area contributed by atoms with Crippen LogP contribution in [0.4, 0.5) is 0 Å². The van der Waals surface area contributed by atoms with E-state index in [-0.39, 0.29) is 0 Å². The van der Waals surface area contributed by atoms with Crippen LogP contribution in [-0.4, -0.2) is 9.13 Å². The third-order valence-electron chi connectivity index (χ3n) is 9.01. The van der Waals surface area contributed by atoms with Crippen molar-refractivity contribution in [3.05, 3.63) is 157 Å². The minimum absolute atomic E-state index is 1.17. The van der Waals surface area contributed by atoms with Gasteiger partial charge in [-0.05, 0) is 82.9 Å². The summed E-state index contributed by atoms with van der Waals surface area (Å²) >= 11 is 0. The van der Waals surface area contributed by atoms with Crippen molar-refractivity contribution in [3.63, 3.8) is 0 Å². The van der Waals surface area contributed by atoms with Gasteiger partial charge in [-0.25, -0.2) is 0 Å². The molecule has 2 heterocycles. The molecule has 0 spiro atoms. The summed E-state index contributed by atoms with van der Waals surface area (Å²) in [6.07, 6.45) is 0. The first-order valence-electron chi connectivity index (χ1n) is 14.9. The Balaban J connectivity index is 1.34. The molecule has 0 bridgehead atoms. The van der Waals surface area contributed by atoms with Gasteiger partial charge in [0.2, 0.25) is 0 Å². The molecule has 2 aromatic heterocycles. The van der Waals surface area contributed by atoms with E-state index in [9.17, 15) is 0 Å². The number of hydrogen-bond donors (Lipinski definition) is 0. The average molecular weight is 549 g/mol. The van der Waals surface area contributed by atoms with E-state index in [1.807, 2.05) is 0 Å². The van der Waals surface area contributed by atoms with Crippen LogP contribution in [0.25, 0.3) is 76.9 Å². The zero-order valence-corrected chi connectivity index (χ0v) is 23.8. The van der Waals surface area contributed by atoms with Crippen LogP contribution in [-0.2, 0) is 0 Å². The van der Waals surface area contributed by atoms with Crippen molar-refractivity contribution in [2.45, 2.75) is 6.92 Å². The maximum absolute atomic E-state index is 2.44. The van der Waals surface area contributed by atoms with Gasteiger partial charge in [0.05, 0.1) is 22.1 Å². The van der Waals surface area contributed by atoms with Crippen molar-refractivity contribution in [1.82, 2.24) is 9.13 Å². The maximum Gasteiger partial charge on any atom is 0.0548 e. The molecule has 0 N–H and O–H groups in total. The topological polar surface area (TPSA) is 9.86 Å². The minimum atomic E-state index is 1.17. The Morgan fingerprint density at radius 1 is 0.372 bits per heavy atom. The van der Waals surface area contributed by atoms with Gasteiger partial charge in [-0.15, -0.1) is 0 Å². The van der Waals surface area contributed by atoms with Crippen molar-refractivity contribution in [1.29, 1.82) is 0 Å². The van der Waals surface area contributed by atoms with E-state index in [1.165, 1.54) is 82.4 Å². The Hall–Kier alpha value is -5.60. The van der Waals surface area contributed by atoms with Crippen LogP contribution < -0.4 is 0 Å². The molecule has 7 aromatic carbocycles. The predicted octanol–water partition coefficient (Wildman–Crippen LogP) is 11.0. The zero-order chi connectivity index (χ0) is 28.5. The molecule has 0 saturated heterocycles. The molecule has 0 radical (unpaired) electrons. The van der Waals surface area contributed by atoms with Crippen molar-refractivity contribution in [2.24, 2.45) is 0 Å². The Labute approximate surface area is 249 Å². The molecule has 2 heteroatoms. The average Bonchev–Trinajstić information content (AvgIpc) is 3.56. The molecule has 9 rings (SSSR count). The lowest BCUT2D eigenvalue weighted by molar-refractivity contribution is 1.15. The molecule has 0 aliphatic carbocycles. The fourth-order valence-corrected chi connectivity index (χ4v) is 6.98. The molecule has 0 fully saturated rings. The summed E-state index contributed by atoms with van der Waals surface area (Å²) in [7, 11) is 0. The van der Waals surface area contributed by atoms with Gasteiger partial charge in [0.15, 0.2) is 0 Å². The minimum Gasteiger partial charge on any atom is -0.309 e. The second-order valence-electron chi connectivity index (χ2n) is 11.5. The number of aryl methyl sites for hydroxylation is 1. The monoisotopic (exact) mass is 548 g/mol. The maximum atomic E-state index is 2.44. The highest BCUT2D eigenvalue weighted by molar-refractivity contribution is 6.19. The summed E-state index contributed by atoms with van der Waals surface area (Å²) in [4.78, 5) is 0. The van der Waals surface area contributed by atoms with E-state index in [0.29, 0.717) is 0 Å². The Morgan fingerprint density at radius 2 is 0.977 bits per heavy atom. The van der Waals surface area contributed by atoms with E-state index in [0.717, 1.165) is 0 Å². The lowest BCUT2D eigenvalue weighted by Gasteiger charge is -2.12. The van der Waals surface area contributed by atoms with Gasteiger partial charge in [0, 0.05) is 32.9 Å². The normalized spacial score (nSPS) is 11.8. The van der Waals surface area contributed by atoms with E-state index in [4.69, 9.17) is 0 Å². The number of benzene rings is 7. The van der Waals surface area contributed by atoms with Crippen LogP contribution in [0.3, 0.4) is 0 Å². The van der Waals surface area contributed by atoms with Crippen LogP contribution >= 0.6 is 0 Å². The molecule has 9 aromatic rings. The predicted molar refractivity (Wildman–Crippen MR) is 183 cm³/mol. The first kappa shape index (κ1) is 24.0. The molecule has 0 amide bonds. The van der Waals surface area contributed by atoms with Crippen LogP contribution in [0, 0.1) is 6.92 Å². The van der Waals surface area contributed by atoms with Crippen LogP contribution in [0.1, 0.15) is 5.56 Å². The van der Waals surface area contributed by atoms with Crippen molar-refractivity contribution in [3.8, 4) is 22.5 Å². The number of para-hydroxylation sites is 3. The fraction of sp³-hybridized carbons (Fsp3) is 0.0244. The van der Waals surface area contributed by atoms with Crippen molar-refractivity contribution in [2.75, 3.05) is 0 Å². The number of fused-ring (bicyclic) bond motifs is 7. The van der Waals surface area contributed by atoms with E-state index in [1.54, 1.807) is 0 Å². The summed E-state index contributed by atoms with van der Waals surface area (Å²) in [6, 6.07) is 55.4. The van der Waals surface area contributed by atoms with Gasteiger partial charge in [0.25, 0.3) is 0 Å². The number of hydrogen-bond acceptors (Lipinski definition) is 0. The first-order chi connectivity index (χ1) is 21.2. The molecular formula is C41H28N2. The van der Waals surface area contributed by atoms with Gasteiger partial charge in [-0.2, -0.15) is 0 Å². The molecule has 0 unspecified atom stereocenters. The van der Waals surface area contributed by atoms with Gasteiger partial charge in [-0.1, -0.05) is 103 Å². The SMILES string of the molecule is Cc1ccccc1-n1c2ccccc2c2cc3c(cc21)c1ccccc1n3-c1cccc(-c2ccc3ccccc3c2)c1. The lowest BCUT2D eigenvalue weighted by Crippen LogP contribution is -1.96. The molecular weight excluding hydrogens is 520 g/mol. The third kappa shape index (κ3) is 3.60. The summed E-state index contributed by atoms with van der Waals surface area (Å²) in [6.45, 7) is 2.20. The quantitative estimate of drug-likeness (QED) is 0.208. The van der Waals surface area contributed by atoms with E-state index >= 15 is 0 Å². The summed E-state index contributed by atoms with van der Waals surface area (Å²) in [5, 5.41) is 7.58. The summed E-state index contributed by atoms with van der Waals surface area (Å²) in [5.41, 5.74) is 11.0. The summed E-state index contributed by atoms with van der Waals surface area (Å²) in [5.74, 6) is 0. The van der Waals surface area contributed by atoms with Gasteiger partial charge >= 0.3 is 0 Å². The van der Waals surface area contributed by atoms with Gasteiger partial charge in [-0.3, -0.25) is 0 Å². The number of nitrogens with zero attached hydrogens (tertiary/aromatic N) is 2. The molecule has 0 saturated carbocycles.